The van der Waals surface area contributed by atoms with E-state index < -0.39 is 17.9 Å². The van der Waals surface area contributed by atoms with Crippen molar-refractivity contribution >= 4 is 48.9 Å². The van der Waals surface area contributed by atoms with Gasteiger partial charge in [-0.3, -0.25) is 15.3 Å². The molecule has 0 aliphatic heterocycles. The molecule has 1 fully saturated rings. The van der Waals surface area contributed by atoms with Crippen molar-refractivity contribution in [3.8, 4) is 5.75 Å². The number of nitrogens with one attached hydrogen (secondary N) is 1. The molecule has 3 N–H and O–H groups in total. The van der Waals surface area contributed by atoms with Crippen LogP contribution < -0.4 is 15.9 Å². The van der Waals surface area contributed by atoms with Gasteiger partial charge in [-0.2, -0.15) is 23.0 Å². The summed E-state index contributed by atoms with van der Waals surface area (Å²) in [5.41, 5.74) is 0.830. The normalized spacial score (nSPS) is 17.1. The molecule has 218 valence electrons. The van der Waals surface area contributed by atoms with Crippen LogP contribution in [0.2, 0.25) is 5.02 Å². The number of rotatable bonds is 12. The minimum absolute atomic E-state index is 0. The lowest BCUT2D eigenvalue weighted by Crippen LogP contribution is -2.20. The summed E-state index contributed by atoms with van der Waals surface area (Å²) in [7, 11) is 1.63. The van der Waals surface area contributed by atoms with Crippen LogP contribution in [0.15, 0.2) is 43.0 Å². The second kappa shape index (κ2) is 14.3. The maximum Gasteiger partial charge on any atom is 0.573 e. The second-order valence-corrected chi connectivity index (χ2v) is 10.1. The maximum absolute atomic E-state index is 13.2. The molecule has 2 heterocycles. The number of hydrazine groups is 1. The number of ketones is 1. The molecule has 0 saturated heterocycles. The van der Waals surface area contributed by atoms with E-state index in [-0.39, 0.29) is 48.3 Å². The minimum atomic E-state index is -4.88. The number of hydrogen-bond donors (Lipinski definition) is 2. The van der Waals surface area contributed by atoms with Gasteiger partial charge >= 0.3 is 6.36 Å². The number of halogens is 4. The van der Waals surface area contributed by atoms with Gasteiger partial charge in [0.25, 0.3) is 0 Å². The highest BCUT2D eigenvalue weighted by atomic mass is 35.5. The molecule has 0 radical (unpaired) electrons. The molecule has 11 nitrogen and oxygen atoms in total. The predicted octanol–water partition coefficient (Wildman–Crippen LogP) is 4.51. The van der Waals surface area contributed by atoms with Gasteiger partial charge in [-0.25, -0.2) is 14.9 Å². The number of nitrogens with two attached hydrogens (primary N) is 1. The number of benzene rings is 1. The van der Waals surface area contributed by atoms with E-state index in [4.69, 9.17) is 26.7 Å². The highest BCUT2D eigenvalue weighted by Gasteiger charge is 2.32. The Labute approximate surface area is 244 Å². The summed E-state index contributed by atoms with van der Waals surface area (Å²) in [6.07, 6.45) is 1.99. The Bertz CT molecular complexity index is 1290. The molecule has 2 aromatic heterocycles. The first kappa shape index (κ1) is 31.9. The van der Waals surface area contributed by atoms with Crippen molar-refractivity contribution in [2.24, 2.45) is 11.8 Å². The highest BCUT2D eigenvalue weighted by Crippen LogP contribution is 2.32. The summed E-state index contributed by atoms with van der Waals surface area (Å²) >= 11 is 6.70. The summed E-state index contributed by atoms with van der Waals surface area (Å²) in [5, 5.41) is 7.44. The minimum Gasteiger partial charge on any atom is -0.404 e. The SMILES string of the molecule is CN(N)SOOCC1CCC(Nc2ncncc2C(=O)c2ccn(Cc3ccc(Cl)c(OC(F)(F)F)c3)n2)C1.S. The molecule has 0 bridgehead atoms. The number of carbonyl (C=O) groups is 1. The zero-order valence-electron chi connectivity index (χ0n) is 21.1. The predicted molar refractivity (Wildman–Crippen MR) is 147 cm³/mol. The van der Waals surface area contributed by atoms with E-state index in [9.17, 15) is 18.0 Å². The number of ether oxygens (including phenoxy) is 1. The number of aromatic nitrogens is 4. The summed E-state index contributed by atoms with van der Waals surface area (Å²) in [6, 6.07) is 5.61. The number of hydrogen-bond acceptors (Lipinski definition) is 11. The van der Waals surface area contributed by atoms with Gasteiger partial charge < -0.3 is 10.1 Å². The van der Waals surface area contributed by atoms with E-state index in [0.29, 0.717) is 18.0 Å². The largest absolute Gasteiger partial charge is 0.573 e. The Morgan fingerprint density at radius 1 is 1.32 bits per heavy atom. The average Bonchev–Trinajstić information content (AvgIpc) is 3.52. The Kier molecular flexibility index (Phi) is 11.4. The molecule has 1 aliphatic rings. The lowest BCUT2D eigenvalue weighted by atomic mass is 10.1. The van der Waals surface area contributed by atoms with Crippen molar-refractivity contribution in [1.82, 2.24) is 24.2 Å². The number of nitrogens with zero attached hydrogens (tertiary/aromatic N) is 5. The standard InChI is InChI=1S/C23H25ClF3N7O4S.H2S/c1-33(28)39-38-36-12-15-2-4-16(8-15)31-22-17(10-29-13-30-22)21(35)19-6-7-34(32-19)11-14-3-5-18(24)20(9-14)37-23(25,26)27;/h3,5-7,9-10,13,15-16H,2,4,8,11-12,28H2,1H3,(H,29,30,31);1H2. The van der Waals surface area contributed by atoms with Gasteiger partial charge in [0.2, 0.25) is 5.78 Å². The fraction of sp³-hybridized carbons (Fsp3) is 0.391. The number of alkyl halides is 3. The van der Waals surface area contributed by atoms with E-state index in [2.05, 4.69) is 25.1 Å². The molecule has 1 saturated carbocycles. The zero-order chi connectivity index (χ0) is 28.0. The third-order valence-electron chi connectivity index (χ3n) is 5.78. The van der Waals surface area contributed by atoms with Crippen LogP contribution in [0.4, 0.5) is 19.0 Å². The van der Waals surface area contributed by atoms with Crippen molar-refractivity contribution in [2.45, 2.75) is 38.2 Å². The van der Waals surface area contributed by atoms with Gasteiger partial charge in [0.1, 0.15) is 35.8 Å². The van der Waals surface area contributed by atoms with E-state index in [1.54, 1.807) is 19.3 Å². The molecule has 1 aromatic carbocycles. The Hall–Kier alpha value is -2.60. The maximum atomic E-state index is 13.2. The van der Waals surface area contributed by atoms with Crippen LogP contribution in [0, 0.1) is 5.92 Å². The van der Waals surface area contributed by atoms with Crippen LogP contribution in [0.5, 0.6) is 5.75 Å². The van der Waals surface area contributed by atoms with Crippen molar-refractivity contribution in [1.29, 1.82) is 0 Å². The molecule has 4 rings (SSSR count). The first-order valence-corrected chi connectivity index (χ1v) is 12.8. The van der Waals surface area contributed by atoms with Crippen LogP contribution in [0.1, 0.15) is 40.9 Å². The molecule has 40 heavy (non-hydrogen) atoms. The van der Waals surface area contributed by atoms with Crippen LogP contribution in [-0.4, -0.2) is 56.0 Å². The zero-order valence-corrected chi connectivity index (χ0v) is 23.7. The molecular weight excluding hydrogens is 595 g/mol. The quantitative estimate of drug-likeness (QED) is 0.0563. The van der Waals surface area contributed by atoms with E-state index in [0.717, 1.165) is 31.5 Å². The van der Waals surface area contributed by atoms with Crippen molar-refractivity contribution < 1.29 is 31.9 Å². The third kappa shape index (κ3) is 9.22. The molecule has 2 atom stereocenters. The average molecular weight is 622 g/mol. The third-order valence-corrected chi connectivity index (χ3v) is 6.48. The second-order valence-electron chi connectivity index (χ2n) is 8.82. The lowest BCUT2D eigenvalue weighted by molar-refractivity contribution is -0.274. The van der Waals surface area contributed by atoms with E-state index in [1.807, 2.05) is 0 Å². The highest BCUT2D eigenvalue weighted by molar-refractivity contribution is 7.92. The Balaban J connectivity index is 0.00000441. The lowest BCUT2D eigenvalue weighted by Gasteiger charge is -2.16. The molecule has 3 aromatic rings. The van der Waals surface area contributed by atoms with Crippen LogP contribution >= 0.6 is 37.3 Å². The Morgan fingerprint density at radius 2 is 2.12 bits per heavy atom. The molecule has 1 aliphatic carbocycles. The smallest absolute Gasteiger partial charge is 0.404 e. The fourth-order valence-corrected chi connectivity index (χ4v) is 4.45. The molecular formula is C23H27ClF3N7O4S2. The van der Waals surface area contributed by atoms with Gasteiger partial charge in [-0.05, 0) is 48.9 Å². The van der Waals surface area contributed by atoms with Gasteiger partial charge in [0.05, 0.1) is 23.7 Å². The Morgan fingerprint density at radius 3 is 2.88 bits per heavy atom. The summed E-state index contributed by atoms with van der Waals surface area (Å²) in [6.45, 7) is 0.494. The summed E-state index contributed by atoms with van der Waals surface area (Å²) in [4.78, 5) is 26.7. The van der Waals surface area contributed by atoms with Crippen LogP contribution in [-0.2, 0) is 15.8 Å². The summed E-state index contributed by atoms with van der Waals surface area (Å²) < 4.78 is 49.5. The van der Waals surface area contributed by atoms with E-state index in [1.165, 1.54) is 39.8 Å². The van der Waals surface area contributed by atoms with Gasteiger partial charge in [0, 0.05) is 25.5 Å². The van der Waals surface area contributed by atoms with E-state index >= 15 is 0 Å². The molecule has 17 heteroatoms. The monoisotopic (exact) mass is 621 g/mol. The molecule has 0 amide bonds. The summed E-state index contributed by atoms with van der Waals surface area (Å²) in [5.74, 6) is 5.17. The first-order valence-electron chi connectivity index (χ1n) is 11.7. The van der Waals surface area contributed by atoms with Gasteiger partial charge in [0.15, 0.2) is 0 Å². The fourth-order valence-electron chi connectivity index (χ4n) is 4.10. The topological polar surface area (TPSA) is 130 Å². The van der Waals surface area contributed by atoms with Crippen molar-refractivity contribution in [3.63, 3.8) is 0 Å². The van der Waals surface area contributed by atoms with Gasteiger partial charge in [-0.1, -0.05) is 17.7 Å². The van der Waals surface area contributed by atoms with Crippen LogP contribution in [0.3, 0.4) is 0 Å². The van der Waals surface area contributed by atoms with Gasteiger partial charge in [-0.15, -0.1) is 17.5 Å². The molecule has 2 unspecified atom stereocenters. The van der Waals surface area contributed by atoms with Crippen LogP contribution in [0.25, 0.3) is 0 Å². The number of carbonyl (C=O) groups excluding carboxylic acids is 1. The molecule has 0 spiro atoms. The van der Waals surface area contributed by atoms with Crippen molar-refractivity contribution in [2.75, 3.05) is 19.0 Å². The van der Waals surface area contributed by atoms with Crippen molar-refractivity contribution in [3.05, 3.63) is 64.8 Å². The number of anilines is 1. The first-order chi connectivity index (χ1) is 18.6.